The number of aromatic nitrogens is 1. The van der Waals surface area contributed by atoms with Crippen LogP contribution in [0.3, 0.4) is 0 Å². The van der Waals surface area contributed by atoms with Gasteiger partial charge in [-0.1, -0.05) is 164 Å². The summed E-state index contributed by atoms with van der Waals surface area (Å²) >= 11 is 0. The Bertz CT molecular complexity index is 3720. The van der Waals surface area contributed by atoms with Crippen LogP contribution >= 0.6 is 0 Å². The molecule has 0 saturated heterocycles. The molecule has 0 atom stereocenters. The maximum Gasteiger partial charge on any atom is 0.0629 e. The van der Waals surface area contributed by atoms with Crippen LogP contribution in [-0.4, -0.2) is 4.57 Å². The minimum atomic E-state index is -0.544. The molecule has 10 aromatic carbocycles. The smallest absolute Gasteiger partial charge is 0.0629 e. The van der Waals surface area contributed by atoms with Gasteiger partial charge in [0.05, 0.1) is 24.7 Å². The van der Waals surface area contributed by atoms with Crippen molar-refractivity contribution in [3.8, 4) is 39.1 Å². The molecule has 272 valence electrons. The maximum atomic E-state index is 8.98. The van der Waals surface area contributed by atoms with E-state index in [0.29, 0.717) is 11.4 Å². The second kappa shape index (κ2) is 14.1. The van der Waals surface area contributed by atoms with Crippen LogP contribution in [0.5, 0.6) is 0 Å². The summed E-state index contributed by atoms with van der Waals surface area (Å²) in [6.45, 7) is 0. The number of para-hydroxylation sites is 1. The largest absolute Gasteiger partial charge is 0.310 e. The Morgan fingerprint density at radius 3 is 1.67 bits per heavy atom. The normalized spacial score (nSPS) is 13.9. The van der Waals surface area contributed by atoms with Crippen molar-refractivity contribution in [1.82, 2.24) is 4.57 Å². The zero-order chi connectivity index (χ0) is 47.1. The molecule has 0 spiro atoms. The highest BCUT2D eigenvalue weighted by molar-refractivity contribution is 6.22. The maximum absolute atomic E-state index is 8.98. The molecule has 1 aromatic heterocycles. The lowest BCUT2D eigenvalue weighted by Gasteiger charge is -2.27. The number of nitrogens with zero attached hydrogens (tertiary/aromatic N) is 2. The molecule has 0 aliphatic heterocycles. The fraction of sp³-hybridized carbons (Fsp3) is 0. The number of anilines is 3. The van der Waals surface area contributed by atoms with Crippen molar-refractivity contribution in [3.05, 3.63) is 230 Å². The predicted octanol–water partition coefficient (Wildman–Crippen LogP) is 15.6. The van der Waals surface area contributed by atoms with Gasteiger partial charge in [0, 0.05) is 33.5 Å². The Kier molecular flexibility index (Phi) is 6.02. The van der Waals surface area contributed by atoms with Gasteiger partial charge in [-0.25, -0.2) is 0 Å². The van der Waals surface area contributed by atoms with Crippen LogP contribution in [0.1, 0.15) is 13.7 Å². The van der Waals surface area contributed by atoms with E-state index in [1.807, 2.05) is 53.4 Å². The highest BCUT2D eigenvalue weighted by Crippen LogP contribution is 2.44. The third-order valence-electron chi connectivity index (χ3n) is 10.9. The second-order valence-corrected chi connectivity index (χ2v) is 14.2. The van der Waals surface area contributed by atoms with Crippen LogP contribution in [0.2, 0.25) is 0 Å². The van der Waals surface area contributed by atoms with E-state index in [0.717, 1.165) is 55.1 Å². The number of rotatable bonds is 7. The first-order valence-electron chi connectivity index (χ1n) is 24.1. The zero-order valence-electron chi connectivity index (χ0n) is 41.1. The molecule has 58 heavy (non-hydrogen) atoms. The minimum Gasteiger partial charge on any atom is -0.310 e. The molecule has 0 radical (unpaired) electrons. The minimum absolute atomic E-state index is 0.0871. The molecular formula is C56H38N2. The van der Waals surface area contributed by atoms with E-state index in [1.165, 1.54) is 16.8 Å². The molecule has 0 aliphatic rings. The summed E-state index contributed by atoms with van der Waals surface area (Å²) in [6.07, 6.45) is 0. The fourth-order valence-corrected chi connectivity index (χ4v) is 8.30. The van der Waals surface area contributed by atoms with E-state index < -0.39 is 60.4 Å². The van der Waals surface area contributed by atoms with Crippen LogP contribution < -0.4 is 4.90 Å². The van der Waals surface area contributed by atoms with E-state index in [1.54, 1.807) is 12.1 Å². The average Bonchev–Trinajstić information content (AvgIpc) is 3.71. The van der Waals surface area contributed by atoms with Gasteiger partial charge in [0.1, 0.15) is 0 Å². The van der Waals surface area contributed by atoms with Crippen molar-refractivity contribution in [2.24, 2.45) is 0 Å². The lowest BCUT2D eigenvalue weighted by Crippen LogP contribution is -2.10. The summed E-state index contributed by atoms with van der Waals surface area (Å²) in [5, 5.41) is 6.50. The fourth-order valence-electron chi connectivity index (χ4n) is 8.30. The van der Waals surface area contributed by atoms with Crippen LogP contribution in [0.15, 0.2) is 230 Å². The summed E-state index contributed by atoms with van der Waals surface area (Å²) in [5.41, 5.74) is 7.32. The van der Waals surface area contributed by atoms with E-state index in [-0.39, 0.29) is 22.3 Å². The van der Waals surface area contributed by atoms with Crippen molar-refractivity contribution in [2.45, 2.75) is 0 Å². The van der Waals surface area contributed by atoms with Gasteiger partial charge in [0.2, 0.25) is 0 Å². The van der Waals surface area contributed by atoms with Crippen molar-refractivity contribution >= 4 is 60.4 Å². The lowest BCUT2D eigenvalue weighted by molar-refractivity contribution is 1.18. The molecule has 0 aliphatic carbocycles. The Hall–Kier alpha value is -7.68. The van der Waals surface area contributed by atoms with Gasteiger partial charge in [0.25, 0.3) is 0 Å². The monoisotopic (exact) mass is 748 g/mol. The molecule has 1 heterocycles. The van der Waals surface area contributed by atoms with Gasteiger partial charge >= 0.3 is 0 Å². The Morgan fingerprint density at radius 1 is 0.362 bits per heavy atom. The molecule has 11 rings (SSSR count). The topological polar surface area (TPSA) is 8.17 Å². The van der Waals surface area contributed by atoms with Crippen molar-refractivity contribution < 1.29 is 13.7 Å². The average molecular weight is 749 g/mol. The van der Waals surface area contributed by atoms with Crippen LogP contribution in [0.25, 0.3) is 82.4 Å². The van der Waals surface area contributed by atoms with E-state index >= 15 is 0 Å². The number of hydrogen-bond donors (Lipinski definition) is 0. The Morgan fingerprint density at radius 2 is 0.966 bits per heavy atom. The van der Waals surface area contributed by atoms with E-state index in [4.69, 9.17) is 13.7 Å². The molecule has 0 unspecified atom stereocenters. The molecular weight excluding hydrogens is 701 g/mol. The standard InChI is InChI=1S/C56H38N2/c1-4-15-39(16-5-1)44-35-45(40-17-6-2-7-18-40)37-49(36-44)57(46-22-8-3-9-23-46)48-32-34-54-53(38-48)56-52-25-13-11-20-42(52)29-33-55(56)58(54)47-30-27-43(28-31-47)51-26-14-21-41-19-10-12-24-50(41)51/h1-38H/i1D,2D,4D,5D,6D,7D,15D,16D,17D,18D. The van der Waals surface area contributed by atoms with Gasteiger partial charge in [-0.05, 0) is 122 Å². The zero-order valence-corrected chi connectivity index (χ0v) is 31.1. The molecule has 0 fully saturated rings. The molecule has 2 heteroatoms. The molecule has 0 N–H and O–H groups in total. The van der Waals surface area contributed by atoms with Gasteiger partial charge < -0.3 is 9.47 Å². The molecule has 0 amide bonds. The summed E-state index contributed by atoms with van der Waals surface area (Å²) < 4.78 is 89.0. The lowest BCUT2D eigenvalue weighted by atomic mass is 9.97. The summed E-state index contributed by atoms with van der Waals surface area (Å²) in [4.78, 5) is 1.98. The van der Waals surface area contributed by atoms with Gasteiger partial charge in [-0.2, -0.15) is 0 Å². The molecule has 0 saturated carbocycles. The van der Waals surface area contributed by atoms with Crippen LogP contribution in [0.4, 0.5) is 17.1 Å². The first-order chi connectivity index (χ1) is 32.9. The molecule has 11 aromatic rings. The Balaban J connectivity index is 1.17. The van der Waals surface area contributed by atoms with Crippen molar-refractivity contribution in [2.75, 3.05) is 4.90 Å². The van der Waals surface area contributed by atoms with Crippen LogP contribution in [-0.2, 0) is 0 Å². The number of hydrogen-bond acceptors (Lipinski definition) is 1. The first kappa shape index (κ1) is 24.8. The SMILES string of the molecule is [2H]c1c([2H])c([2H])c(-c2cc(-c3c([2H])c([2H])c([2H])c([2H])c3[2H])cc(N(c3ccccc3)c3ccc4c(c3)c3c5ccccc5ccc3n4-c3ccc(-c4cccc5ccccc45)cc3)c2)c([2H])c1[2H]. The third kappa shape index (κ3) is 5.82. The molecule has 0 bridgehead atoms. The summed E-state index contributed by atoms with van der Waals surface area (Å²) in [6, 6.07) is 51.8. The summed E-state index contributed by atoms with van der Waals surface area (Å²) in [7, 11) is 0. The highest BCUT2D eigenvalue weighted by Gasteiger charge is 2.20. The van der Waals surface area contributed by atoms with Crippen molar-refractivity contribution in [1.29, 1.82) is 0 Å². The summed E-state index contributed by atoms with van der Waals surface area (Å²) in [5.74, 6) is 0. The van der Waals surface area contributed by atoms with Gasteiger partial charge in [-0.15, -0.1) is 0 Å². The first-order valence-corrected chi connectivity index (χ1v) is 19.1. The van der Waals surface area contributed by atoms with Crippen molar-refractivity contribution in [3.63, 3.8) is 0 Å². The predicted molar refractivity (Wildman–Crippen MR) is 247 cm³/mol. The second-order valence-electron chi connectivity index (χ2n) is 14.2. The number of benzene rings is 10. The van der Waals surface area contributed by atoms with Gasteiger partial charge in [0.15, 0.2) is 0 Å². The van der Waals surface area contributed by atoms with Gasteiger partial charge in [-0.3, -0.25) is 0 Å². The quantitative estimate of drug-likeness (QED) is 0.158. The van der Waals surface area contributed by atoms with E-state index in [2.05, 4.69) is 108 Å². The van der Waals surface area contributed by atoms with E-state index in [9.17, 15) is 0 Å². The van der Waals surface area contributed by atoms with Crippen LogP contribution in [0, 0.1) is 0 Å². The third-order valence-corrected chi connectivity index (χ3v) is 10.9. The Labute approximate surface area is 352 Å². The highest BCUT2D eigenvalue weighted by atomic mass is 15.1. The number of fused-ring (bicyclic) bond motifs is 6. The molecule has 2 nitrogen and oxygen atoms in total.